The predicted molar refractivity (Wildman–Crippen MR) is 66.4 cm³/mol. The van der Waals surface area contributed by atoms with Crippen LogP contribution in [-0.2, 0) is 0 Å². The summed E-state index contributed by atoms with van der Waals surface area (Å²) in [5.74, 6) is 2.76. The van der Waals surface area contributed by atoms with Crippen LogP contribution < -0.4 is 4.74 Å². The van der Waals surface area contributed by atoms with E-state index < -0.39 is 0 Å². The van der Waals surface area contributed by atoms with Crippen molar-refractivity contribution in [2.45, 2.75) is 25.7 Å². The molecule has 1 fully saturated rings. The van der Waals surface area contributed by atoms with Crippen LogP contribution >= 0.6 is 0 Å². The average Bonchev–Trinajstić information content (AvgIpc) is 2.89. The van der Waals surface area contributed by atoms with Gasteiger partial charge in [-0.15, -0.1) is 0 Å². The fourth-order valence-electron chi connectivity index (χ4n) is 3.17. The topological polar surface area (TPSA) is 9.23 Å². The molecule has 1 nitrogen and oxygen atoms in total. The van der Waals surface area contributed by atoms with E-state index in [2.05, 4.69) is 30.3 Å². The van der Waals surface area contributed by atoms with E-state index in [1.165, 1.54) is 31.2 Å². The maximum absolute atomic E-state index is 5.19. The van der Waals surface area contributed by atoms with Gasteiger partial charge in [0.1, 0.15) is 5.75 Å². The largest absolute Gasteiger partial charge is 0.497 e. The molecule has 0 spiro atoms. The van der Waals surface area contributed by atoms with Crippen LogP contribution in [0.1, 0.15) is 31.2 Å². The number of hydrogen-bond donors (Lipinski definition) is 0. The lowest BCUT2D eigenvalue weighted by Gasteiger charge is -2.07. The van der Waals surface area contributed by atoms with Crippen LogP contribution in [0.25, 0.3) is 5.57 Å². The summed E-state index contributed by atoms with van der Waals surface area (Å²) in [5.41, 5.74) is 2.94. The van der Waals surface area contributed by atoms with Gasteiger partial charge in [0.25, 0.3) is 0 Å². The molecule has 0 heterocycles. The number of rotatable bonds is 2. The zero-order valence-electron chi connectivity index (χ0n) is 9.78. The molecule has 0 aliphatic heterocycles. The molecule has 1 aromatic carbocycles. The number of hydrogen-bond acceptors (Lipinski definition) is 1. The Hall–Kier alpha value is -1.24. The first-order valence-electron chi connectivity index (χ1n) is 6.22. The van der Waals surface area contributed by atoms with Gasteiger partial charge in [0.05, 0.1) is 7.11 Å². The first kappa shape index (κ1) is 9.95. The molecule has 16 heavy (non-hydrogen) atoms. The lowest BCUT2D eigenvalue weighted by molar-refractivity contribution is 0.415. The SMILES string of the molecule is COc1ccc(C2=CC3CCCC3C2)cc1. The van der Waals surface area contributed by atoms with E-state index in [1.54, 1.807) is 12.7 Å². The molecule has 0 aromatic heterocycles. The minimum atomic E-state index is 0.872. The number of benzene rings is 1. The summed E-state index contributed by atoms with van der Waals surface area (Å²) in [5, 5.41) is 0. The first-order valence-corrected chi connectivity index (χ1v) is 6.22. The monoisotopic (exact) mass is 214 g/mol. The molecule has 0 amide bonds. The number of fused-ring (bicyclic) bond motifs is 1. The van der Waals surface area contributed by atoms with Gasteiger partial charge in [-0.1, -0.05) is 24.6 Å². The van der Waals surface area contributed by atoms with Crippen LogP contribution in [0, 0.1) is 11.8 Å². The lowest BCUT2D eigenvalue weighted by Crippen LogP contribution is -1.96. The molecule has 2 aliphatic rings. The van der Waals surface area contributed by atoms with E-state index in [4.69, 9.17) is 4.74 Å². The molecule has 3 rings (SSSR count). The van der Waals surface area contributed by atoms with Gasteiger partial charge in [0.15, 0.2) is 0 Å². The molecule has 1 saturated carbocycles. The van der Waals surface area contributed by atoms with Gasteiger partial charge in [0, 0.05) is 0 Å². The second-order valence-electron chi connectivity index (χ2n) is 4.98. The highest BCUT2D eigenvalue weighted by atomic mass is 16.5. The van der Waals surface area contributed by atoms with Gasteiger partial charge < -0.3 is 4.74 Å². The first-order chi connectivity index (χ1) is 7.86. The molecule has 1 heteroatoms. The van der Waals surface area contributed by atoms with Crippen molar-refractivity contribution >= 4 is 5.57 Å². The second kappa shape index (κ2) is 3.97. The van der Waals surface area contributed by atoms with Crippen LogP contribution in [-0.4, -0.2) is 7.11 Å². The summed E-state index contributed by atoms with van der Waals surface area (Å²) in [6.45, 7) is 0. The normalized spacial score (nSPS) is 27.7. The van der Waals surface area contributed by atoms with Crippen LogP contribution in [0.5, 0.6) is 5.75 Å². The summed E-state index contributed by atoms with van der Waals surface area (Å²) in [6.07, 6.45) is 8.07. The van der Waals surface area contributed by atoms with E-state index in [0.29, 0.717) is 0 Å². The fraction of sp³-hybridized carbons (Fsp3) is 0.467. The zero-order valence-corrected chi connectivity index (χ0v) is 9.78. The van der Waals surface area contributed by atoms with Gasteiger partial charge in [-0.25, -0.2) is 0 Å². The van der Waals surface area contributed by atoms with Crippen LogP contribution in [0.15, 0.2) is 30.3 Å². The van der Waals surface area contributed by atoms with Crippen molar-refractivity contribution in [1.82, 2.24) is 0 Å². The minimum Gasteiger partial charge on any atom is -0.497 e. The lowest BCUT2D eigenvalue weighted by atomic mass is 9.98. The van der Waals surface area contributed by atoms with E-state index >= 15 is 0 Å². The Labute approximate surface area is 97.1 Å². The van der Waals surface area contributed by atoms with E-state index in [9.17, 15) is 0 Å². The van der Waals surface area contributed by atoms with Crippen molar-refractivity contribution in [3.63, 3.8) is 0 Å². The minimum absolute atomic E-state index is 0.872. The third kappa shape index (κ3) is 1.64. The van der Waals surface area contributed by atoms with Crippen molar-refractivity contribution in [2.24, 2.45) is 11.8 Å². The van der Waals surface area contributed by atoms with Gasteiger partial charge in [-0.05, 0) is 54.4 Å². The standard InChI is InChI=1S/C15H18O/c1-16-15-7-5-11(6-8-15)14-9-12-3-2-4-13(12)10-14/h5-9,12-13H,2-4,10H2,1H3. The quantitative estimate of drug-likeness (QED) is 0.725. The van der Waals surface area contributed by atoms with Gasteiger partial charge in [0.2, 0.25) is 0 Å². The Morgan fingerprint density at radius 2 is 1.94 bits per heavy atom. The molecule has 0 radical (unpaired) electrons. The molecule has 0 bridgehead atoms. The summed E-state index contributed by atoms with van der Waals surface area (Å²) in [7, 11) is 1.72. The van der Waals surface area contributed by atoms with E-state index in [-0.39, 0.29) is 0 Å². The molecule has 2 aliphatic carbocycles. The Balaban J connectivity index is 1.82. The fourth-order valence-corrected chi connectivity index (χ4v) is 3.17. The predicted octanol–water partition coefficient (Wildman–Crippen LogP) is 3.90. The van der Waals surface area contributed by atoms with Crippen LogP contribution in [0.3, 0.4) is 0 Å². The Bertz CT molecular complexity index is 402. The molecule has 0 N–H and O–H groups in total. The Morgan fingerprint density at radius 1 is 1.12 bits per heavy atom. The zero-order chi connectivity index (χ0) is 11.0. The van der Waals surface area contributed by atoms with E-state index in [0.717, 1.165) is 17.6 Å². The highest BCUT2D eigenvalue weighted by molar-refractivity contribution is 5.68. The van der Waals surface area contributed by atoms with Crippen molar-refractivity contribution in [1.29, 1.82) is 0 Å². The smallest absolute Gasteiger partial charge is 0.118 e. The average molecular weight is 214 g/mol. The third-order valence-electron chi connectivity index (χ3n) is 4.08. The highest BCUT2D eigenvalue weighted by Gasteiger charge is 2.31. The molecule has 84 valence electrons. The van der Waals surface area contributed by atoms with Gasteiger partial charge >= 0.3 is 0 Å². The van der Waals surface area contributed by atoms with Crippen molar-refractivity contribution in [2.75, 3.05) is 7.11 Å². The molecular weight excluding hydrogens is 196 g/mol. The molecule has 2 atom stereocenters. The summed E-state index contributed by atoms with van der Waals surface area (Å²) >= 11 is 0. The third-order valence-corrected chi connectivity index (χ3v) is 4.08. The van der Waals surface area contributed by atoms with Gasteiger partial charge in [-0.2, -0.15) is 0 Å². The molecule has 0 saturated heterocycles. The molecule has 2 unspecified atom stereocenters. The van der Waals surface area contributed by atoms with Crippen LogP contribution in [0.4, 0.5) is 0 Å². The second-order valence-corrected chi connectivity index (χ2v) is 4.98. The Morgan fingerprint density at radius 3 is 2.62 bits per heavy atom. The maximum Gasteiger partial charge on any atom is 0.118 e. The van der Waals surface area contributed by atoms with Crippen molar-refractivity contribution in [3.05, 3.63) is 35.9 Å². The molecular formula is C15H18O. The summed E-state index contributed by atoms with van der Waals surface area (Å²) < 4.78 is 5.19. The van der Waals surface area contributed by atoms with E-state index in [1.807, 2.05) is 0 Å². The highest BCUT2D eigenvalue weighted by Crippen LogP contribution is 2.45. The van der Waals surface area contributed by atoms with Crippen molar-refractivity contribution in [3.8, 4) is 5.75 Å². The summed E-state index contributed by atoms with van der Waals surface area (Å²) in [6, 6.07) is 8.49. The number of allylic oxidation sites excluding steroid dienone is 2. The van der Waals surface area contributed by atoms with Gasteiger partial charge in [-0.3, -0.25) is 0 Å². The molecule has 1 aromatic rings. The number of ether oxygens (including phenoxy) is 1. The number of methoxy groups -OCH3 is 1. The van der Waals surface area contributed by atoms with Crippen LogP contribution in [0.2, 0.25) is 0 Å². The summed E-state index contributed by atoms with van der Waals surface area (Å²) in [4.78, 5) is 0. The Kier molecular flexibility index (Phi) is 2.47. The van der Waals surface area contributed by atoms with Crippen molar-refractivity contribution < 1.29 is 4.74 Å². The maximum atomic E-state index is 5.19.